The SMILES string of the molecule is C=CC(=O)N(c1nccc2ccccc12)[C@H](C)CN(C)C(=O)OC(C)(C)C. The fourth-order valence-electron chi connectivity index (χ4n) is 2.82. The lowest BCUT2D eigenvalue weighted by molar-refractivity contribution is -0.114. The molecule has 2 amide bonds. The largest absolute Gasteiger partial charge is 0.444 e. The van der Waals surface area contributed by atoms with Gasteiger partial charge in [-0.05, 0) is 45.2 Å². The predicted molar refractivity (Wildman–Crippen MR) is 108 cm³/mol. The van der Waals surface area contributed by atoms with Crippen molar-refractivity contribution in [1.29, 1.82) is 0 Å². The van der Waals surface area contributed by atoms with Gasteiger partial charge in [-0.3, -0.25) is 9.69 Å². The molecule has 1 heterocycles. The Morgan fingerprint density at radius 2 is 1.93 bits per heavy atom. The number of likely N-dealkylation sites (N-methyl/N-ethyl adjacent to an activating group) is 1. The molecular formula is C21H27N3O3. The highest BCUT2D eigenvalue weighted by Gasteiger charge is 2.27. The van der Waals surface area contributed by atoms with Gasteiger partial charge in [-0.2, -0.15) is 0 Å². The molecule has 1 atom stereocenters. The van der Waals surface area contributed by atoms with Crippen LogP contribution in [0.4, 0.5) is 10.6 Å². The molecule has 2 aromatic rings. The maximum Gasteiger partial charge on any atom is 0.410 e. The van der Waals surface area contributed by atoms with Crippen LogP contribution < -0.4 is 4.90 Å². The minimum absolute atomic E-state index is 0.274. The second kappa shape index (κ2) is 8.20. The summed E-state index contributed by atoms with van der Waals surface area (Å²) in [6.07, 6.45) is 2.49. The molecule has 0 unspecified atom stereocenters. The minimum Gasteiger partial charge on any atom is -0.444 e. The van der Waals surface area contributed by atoms with Gasteiger partial charge in [-0.25, -0.2) is 9.78 Å². The van der Waals surface area contributed by atoms with Crippen molar-refractivity contribution in [2.24, 2.45) is 0 Å². The fraction of sp³-hybridized carbons (Fsp3) is 0.381. The molecule has 2 rings (SSSR count). The molecule has 0 aliphatic heterocycles. The van der Waals surface area contributed by atoms with E-state index < -0.39 is 11.7 Å². The molecule has 6 nitrogen and oxygen atoms in total. The Morgan fingerprint density at radius 1 is 1.26 bits per heavy atom. The zero-order valence-electron chi connectivity index (χ0n) is 16.6. The summed E-state index contributed by atoms with van der Waals surface area (Å²) in [5.41, 5.74) is -0.581. The van der Waals surface area contributed by atoms with E-state index in [1.165, 1.54) is 11.0 Å². The van der Waals surface area contributed by atoms with Gasteiger partial charge in [0, 0.05) is 25.2 Å². The zero-order chi connectivity index (χ0) is 20.2. The first-order valence-corrected chi connectivity index (χ1v) is 8.87. The second-order valence-corrected chi connectivity index (χ2v) is 7.48. The van der Waals surface area contributed by atoms with Gasteiger partial charge in [0.15, 0.2) is 0 Å². The monoisotopic (exact) mass is 369 g/mol. The number of nitrogens with zero attached hydrogens (tertiary/aromatic N) is 3. The van der Waals surface area contributed by atoms with Crippen molar-refractivity contribution in [3.05, 3.63) is 49.2 Å². The average Bonchev–Trinajstić information content (AvgIpc) is 2.60. The van der Waals surface area contributed by atoms with E-state index in [9.17, 15) is 9.59 Å². The summed E-state index contributed by atoms with van der Waals surface area (Å²) in [5, 5.41) is 1.85. The third-order valence-corrected chi connectivity index (χ3v) is 3.98. The number of ether oxygens (including phenoxy) is 1. The van der Waals surface area contributed by atoms with Crippen LogP contribution in [0.2, 0.25) is 0 Å². The van der Waals surface area contributed by atoms with Crippen molar-refractivity contribution in [3.63, 3.8) is 0 Å². The van der Waals surface area contributed by atoms with E-state index >= 15 is 0 Å². The topological polar surface area (TPSA) is 62.7 Å². The highest BCUT2D eigenvalue weighted by molar-refractivity contribution is 6.06. The van der Waals surface area contributed by atoms with Gasteiger partial charge in [-0.1, -0.05) is 30.8 Å². The van der Waals surface area contributed by atoms with Crippen molar-refractivity contribution < 1.29 is 14.3 Å². The second-order valence-electron chi connectivity index (χ2n) is 7.48. The lowest BCUT2D eigenvalue weighted by Crippen LogP contribution is -2.47. The summed E-state index contributed by atoms with van der Waals surface area (Å²) >= 11 is 0. The molecular weight excluding hydrogens is 342 g/mol. The van der Waals surface area contributed by atoms with E-state index in [-0.39, 0.29) is 11.9 Å². The Labute approximate surface area is 160 Å². The first-order valence-electron chi connectivity index (χ1n) is 8.87. The van der Waals surface area contributed by atoms with Gasteiger partial charge in [0.25, 0.3) is 5.91 Å². The normalized spacial score (nSPS) is 12.3. The van der Waals surface area contributed by atoms with E-state index in [1.807, 2.05) is 58.0 Å². The van der Waals surface area contributed by atoms with Crippen LogP contribution >= 0.6 is 0 Å². The van der Waals surface area contributed by atoms with Gasteiger partial charge in [-0.15, -0.1) is 0 Å². The van der Waals surface area contributed by atoms with Crippen LogP contribution in [0.1, 0.15) is 27.7 Å². The molecule has 0 aliphatic rings. The summed E-state index contributed by atoms with van der Waals surface area (Å²) < 4.78 is 5.39. The van der Waals surface area contributed by atoms with E-state index in [0.29, 0.717) is 12.4 Å². The minimum atomic E-state index is -0.581. The smallest absolute Gasteiger partial charge is 0.410 e. The number of benzene rings is 1. The van der Waals surface area contributed by atoms with Gasteiger partial charge < -0.3 is 9.64 Å². The number of aromatic nitrogens is 1. The molecule has 1 aromatic heterocycles. The van der Waals surface area contributed by atoms with Crippen LogP contribution in [0.5, 0.6) is 0 Å². The fourth-order valence-corrected chi connectivity index (χ4v) is 2.82. The lowest BCUT2D eigenvalue weighted by atomic mass is 10.1. The van der Waals surface area contributed by atoms with Crippen molar-refractivity contribution in [2.45, 2.75) is 39.3 Å². The summed E-state index contributed by atoms with van der Waals surface area (Å²) in [5.74, 6) is 0.270. The number of carbonyl (C=O) groups excluding carboxylic acids is 2. The number of hydrogen-bond acceptors (Lipinski definition) is 4. The van der Waals surface area contributed by atoms with Crippen LogP contribution in [-0.4, -0.2) is 47.1 Å². The van der Waals surface area contributed by atoms with Gasteiger partial charge >= 0.3 is 6.09 Å². The molecule has 0 radical (unpaired) electrons. The molecule has 0 aliphatic carbocycles. The summed E-state index contributed by atoms with van der Waals surface area (Å²) in [7, 11) is 1.65. The van der Waals surface area contributed by atoms with E-state index in [0.717, 1.165) is 10.8 Å². The Hall–Kier alpha value is -2.89. The van der Waals surface area contributed by atoms with Crippen LogP contribution in [0, 0.1) is 0 Å². The first kappa shape index (κ1) is 20.4. The number of pyridine rings is 1. The molecule has 0 saturated heterocycles. The number of hydrogen-bond donors (Lipinski definition) is 0. The molecule has 0 bridgehead atoms. The maximum atomic E-state index is 12.6. The van der Waals surface area contributed by atoms with Crippen molar-refractivity contribution in [2.75, 3.05) is 18.5 Å². The average molecular weight is 369 g/mol. The number of carbonyl (C=O) groups is 2. The molecule has 6 heteroatoms. The predicted octanol–water partition coefficient (Wildman–Crippen LogP) is 4.01. The maximum absolute atomic E-state index is 12.6. The Balaban J connectivity index is 2.32. The van der Waals surface area contributed by atoms with Crippen LogP contribution in [0.3, 0.4) is 0 Å². The van der Waals surface area contributed by atoms with E-state index in [1.54, 1.807) is 18.1 Å². The van der Waals surface area contributed by atoms with Crippen LogP contribution in [0.25, 0.3) is 10.8 Å². The number of anilines is 1. The number of amides is 2. The Morgan fingerprint density at radius 3 is 2.56 bits per heavy atom. The molecule has 0 N–H and O–H groups in total. The molecule has 0 fully saturated rings. The summed E-state index contributed by atoms with van der Waals surface area (Å²) in [6.45, 7) is 11.2. The third-order valence-electron chi connectivity index (χ3n) is 3.98. The third kappa shape index (κ3) is 5.06. The molecule has 1 aromatic carbocycles. The Kier molecular flexibility index (Phi) is 6.20. The lowest BCUT2D eigenvalue weighted by Gasteiger charge is -2.32. The molecule has 0 spiro atoms. The summed E-state index contributed by atoms with van der Waals surface area (Å²) in [4.78, 5) is 32.3. The summed E-state index contributed by atoms with van der Waals surface area (Å²) in [6, 6.07) is 9.30. The van der Waals surface area contributed by atoms with Gasteiger partial charge in [0.05, 0.1) is 6.04 Å². The van der Waals surface area contributed by atoms with Gasteiger partial charge in [0.2, 0.25) is 0 Å². The molecule has 0 saturated carbocycles. The van der Waals surface area contributed by atoms with Crippen LogP contribution in [-0.2, 0) is 9.53 Å². The zero-order valence-corrected chi connectivity index (χ0v) is 16.6. The Bertz CT molecular complexity index is 837. The number of fused-ring (bicyclic) bond motifs is 1. The van der Waals surface area contributed by atoms with Crippen LogP contribution in [0.15, 0.2) is 49.2 Å². The van der Waals surface area contributed by atoms with E-state index in [2.05, 4.69) is 11.6 Å². The van der Waals surface area contributed by atoms with Crippen molar-refractivity contribution >= 4 is 28.6 Å². The van der Waals surface area contributed by atoms with E-state index in [4.69, 9.17) is 4.74 Å². The van der Waals surface area contributed by atoms with Crippen molar-refractivity contribution in [3.8, 4) is 0 Å². The van der Waals surface area contributed by atoms with Gasteiger partial charge in [0.1, 0.15) is 11.4 Å². The molecule has 27 heavy (non-hydrogen) atoms. The highest BCUT2D eigenvalue weighted by atomic mass is 16.6. The molecule has 144 valence electrons. The highest BCUT2D eigenvalue weighted by Crippen LogP contribution is 2.26. The standard InChI is InChI=1S/C21H27N3O3/c1-7-18(25)24(15(2)14-23(6)20(26)27-21(3,4)5)19-17-11-9-8-10-16(17)12-13-22-19/h7-13,15H,1,14H2,2-6H3/t15-/m1/s1. The number of rotatable bonds is 5. The first-order chi connectivity index (χ1) is 12.6. The quantitative estimate of drug-likeness (QED) is 0.747. The van der Waals surface area contributed by atoms with Crippen molar-refractivity contribution in [1.82, 2.24) is 9.88 Å².